The molecule has 0 amide bonds. The number of carbonyl (C=O) groups excluding carboxylic acids is 2. The van der Waals surface area contributed by atoms with Crippen LogP contribution in [-0.4, -0.2) is 18.9 Å². The van der Waals surface area contributed by atoms with Gasteiger partial charge in [0, 0.05) is 18.3 Å². The molecule has 3 nitrogen and oxygen atoms in total. The summed E-state index contributed by atoms with van der Waals surface area (Å²) in [7, 11) is 1.38. The number of rotatable bonds is 3. The van der Waals surface area contributed by atoms with Gasteiger partial charge >= 0.3 is 5.97 Å². The molecule has 0 bridgehead atoms. The summed E-state index contributed by atoms with van der Waals surface area (Å²) in [6.07, 6.45) is 4.10. The topological polar surface area (TPSA) is 43.4 Å². The van der Waals surface area contributed by atoms with Crippen LogP contribution in [0.2, 0.25) is 0 Å². The van der Waals surface area contributed by atoms with Gasteiger partial charge in [-0.2, -0.15) is 0 Å². The Kier molecular flexibility index (Phi) is 4.11. The summed E-state index contributed by atoms with van der Waals surface area (Å²) in [5.41, 5.74) is 0. The van der Waals surface area contributed by atoms with Crippen molar-refractivity contribution in [1.29, 1.82) is 0 Å². The lowest BCUT2D eigenvalue weighted by atomic mass is 9.79. The molecule has 0 aliphatic heterocycles. The predicted molar refractivity (Wildman–Crippen MR) is 52.8 cm³/mol. The van der Waals surface area contributed by atoms with Crippen LogP contribution in [0.5, 0.6) is 0 Å². The number of hydrogen-bond donors (Lipinski definition) is 0. The Balaban J connectivity index is 2.36. The molecule has 0 radical (unpaired) electrons. The van der Waals surface area contributed by atoms with Crippen LogP contribution in [0.1, 0.15) is 39.0 Å². The van der Waals surface area contributed by atoms with Gasteiger partial charge in [-0.05, 0) is 19.3 Å². The molecular weight excluding hydrogens is 180 g/mol. The van der Waals surface area contributed by atoms with Gasteiger partial charge in [0.1, 0.15) is 5.78 Å². The molecule has 1 fully saturated rings. The Morgan fingerprint density at radius 1 is 1.50 bits per heavy atom. The van der Waals surface area contributed by atoms with Gasteiger partial charge in [-0.15, -0.1) is 0 Å². The Labute approximate surface area is 84.8 Å². The van der Waals surface area contributed by atoms with Gasteiger partial charge in [-0.1, -0.05) is 13.3 Å². The number of ether oxygens (including phenoxy) is 1. The molecule has 80 valence electrons. The van der Waals surface area contributed by atoms with E-state index in [1.165, 1.54) is 7.11 Å². The van der Waals surface area contributed by atoms with Crippen molar-refractivity contribution in [1.82, 2.24) is 0 Å². The smallest absolute Gasteiger partial charge is 0.305 e. The maximum Gasteiger partial charge on any atom is 0.305 e. The van der Waals surface area contributed by atoms with Gasteiger partial charge in [0.15, 0.2) is 0 Å². The SMILES string of the molecule is COC(=O)CC[C@@H]1CCC[C@H](C)C1=O. The second-order valence-corrected chi connectivity index (χ2v) is 4.05. The van der Waals surface area contributed by atoms with Gasteiger partial charge in [0.2, 0.25) is 0 Å². The fraction of sp³-hybridized carbons (Fsp3) is 0.818. The minimum absolute atomic E-state index is 0.0952. The molecule has 1 aliphatic rings. The maximum atomic E-state index is 11.7. The molecule has 1 aliphatic carbocycles. The van der Waals surface area contributed by atoms with E-state index in [1.54, 1.807) is 0 Å². The van der Waals surface area contributed by atoms with Gasteiger partial charge in [0.05, 0.1) is 7.11 Å². The Bertz CT molecular complexity index is 223. The van der Waals surface area contributed by atoms with Crippen LogP contribution in [0.15, 0.2) is 0 Å². The second kappa shape index (κ2) is 5.13. The van der Waals surface area contributed by atoms with Crippen molar-refractivity contribution in [2.45, 2.75) is 39.0 Å². The zero-order valence-electron chi connectivity index (χ0n) is 8.91. The molecule has 0 N–H and O–H groups in total. The summed E-state index contributed by atoms with van der Waals surface area (Å²) in [6, 6.07) is 0. The third-order valence-electron chi connectivity index (χ3n) is 3.00. The monoisotopic (exact) mass is 198 g/mol. The van der Waals surface area contributed by atoms with Crippen LogP contribution in [0, 0.1) is 11.8 Å². The van der Waals surface area contributed by atoms with Crippen molar-refractivity contribution in [3.05, 3.63) is 0 Å². The third kappa shape index (κ3) is 2.82. The summed E-state index contributed by atoms with van der Waals surface area (Å²) in [5.74, 6) is 0.403. The van der Waals surface area contributed by atoms with Gasteiger partial charge in [0.25, 0.3) is 0 Å². The van der Waals surface area contributed by atoms with E-state index in [2.05, 4.69) is 4.74 Å². The minimum atomic E-state index is -0.212. The van der Waals surface area contributed by atoms with Gasteiger partial charge < -0.3 is 4.74 Å². The maximum absolute atomic E-state index is 11.7. The highest BCUT2D eigenvalue weighted by molar-refractivity contribution is 5.84. The third-order valence-corrected chi connectivity index (χ3v) is 3.00. The summed E-state index contributed by atoms with van der Waals surface area (Å²) < 4.78 is 4.55. The van der Waals surface area contributed by atoms with Crippen LogP contribution in [0.3, 0.4) is 0 Å². The normalized spacial score (nSPS) is 27.4. The summed E-state index contributed by atoms with van der Waals surface area (Å²) >= 11 is 0. The van der Waals surface area contributed by atoms with E-state index in [1.807, 2.05) is 6.92 Å². The summed E-state index contributed by atoms with van der Waals surface area (Å²) in [6.45, 7) is 1.98. The second-order valence-electron chi connectivity index (χ2n) is 4.05. The molecule has 0 spiro atoms. The molecule has 1 rings (SSSR count). The minimum Gasteiger partial charge on any atom is -0.469 e. The molecular formula is C11H18O3. The molecule has 0 unspecified atom stereocenters. The fourth-order valence-electron chi connectivity index (χ4n) is 2.04. The van der Waals surface area contributed by atoms with Crippen molar-refractivity contribution in [2.75, 3.05) is 7.11 Å². The summed E-state index contributed by atoms with van der Waals surface area (Å²) in [5, 5.41) is 0. The largest absolute Gasteiger partial charge is 0.469 e. The zero-order chi connectivity index (χ0) is 10.6. The molecule has 0 saturated heterocycles. The molecule has 0 aromatic rings. The van der Waals surface area contributed by atoms with Crippen LogP contribution < -0.4 is 0 Å². The molecule has 0 aromatic carbocycles. The first kappa shape index (κ1) is 11.2. The molecule has 0 aromatic heterocycles. The predicted octanol–water partition coefficient (Wildman–Crippen LogP) is 1.94. The van der Waals surface area contributed by atoms with E-state index in [0.717, 1.165) is 19.3 Å². The Morgan fingerprint density at radius 3 is 2.86 bits per heavy atom. The van der Waals surface area contributed by atoms with Crippen molar-refractivity contribution < 1.29 is 14.3 Å². The molecule has 0 heterocycles. The number of carbonyl (C=O) groups is 2. The van der Waals surface area contributed by atoms with Crippen molar-refractivity contribution >= 4 is 11.8 Å². The number of methoxy groups -OCH3 is 1. The van der Waals surface area contributed by atoms with Crippen LogP contribution in [0.4, 0.5) is 0 Å². The molecule has 2 atom stereocenters. The lowest BCUT2D eigenvalue weighted by molar-refractivity contribution is -0.141. The molecule has 3 heteroatoms. The highest BCUT2D eigenvalue weighted by atomic mass is 16.5. The lowest BCUT2D eigenvalue weighted by Gasteiger charge is -2.24. The first-order valence-electron chi connectivity index (χ1n) is 5.25. The quantitative estimate of drug-likeness (QED) is 0.651. The molecule has 1 saturated carbocycles. The van der Waals surface area contributed by atoms with E-state index >= 15 is 0 Å². The van der Waals surface area contributed by atoms with E-state index < -0.39 is 0 Å². The number of hydrogen-bond acceptors (Lipinski definition) is 3. The number of ketones is 1. The standard InChI is InChI=1S/C11H18O3/c1-8-4-3-5-9(11(8)13)6-7-10(12)14-2/h8-9H,3-7H2,1-2H3/t8-,9-/m0/s1. The van der Waals surface area contributed by atoms with Gasteiger partial charge in [-0.3, -0.25) is 9.59 Å². The molecule has 14 heavy (non-hydrogen) atoms. The fourth-order valence-corrected chi connectivity index (χ4v) is 2.04. The highest BCUT2D eigenvalue weighted by Crippen LogP contribution is 2.28. The lowest BCUT2D eigenvalue weighted by Crippen LogP contribution is -2.27. The summed E-state index contributed by atoms with van der Waals surface area (Å²) in [4.78, 5) is 22.6. The van der Waals surface area contributed by atoms with Crippen LogP contribution in [-0.2, 0) is 14.3 Å². The Hall–Kier alpha value is -0.860. The Morgan fingerprint density at radius 2 is 2.21 bits per heavy atom. The average molecular weight is 198 g/mol. The average Bonchev–Trinajstić information content (AvgIpc) is 2.20. The van der Waals surface area contributed by atoms with E-state index in [-0.39, 0.29) is 17.8 Å². The van der Waals surface area contributed by atoms with Crippen LogP contribution in [0.25, 0.3) is 0 Å². The number of esters is 1. The van der Waals surface area contributed by atoms with E-state index in [9.17, 15) is 9.59 Å². The highest BCUT2D eigenvalue weighted by Gasteiger charge is 2.28. The zero-order valence-corrected chi connectivity index (χ0v) is 8.91. The van der Waals surface area contributed by atoms with E-state index in [0.29, 0.717) is 18.6 Å². The van der Waals surface area contributed by atoms with Crippen molar-refractivity contribution in [2.24, 2.45) is 11.8 Å². The van der Waals surface area contributed by atoms with Crippen molar-refractivity contribution in [3.63, 3.8) is 0 Å². The van der Waals surface area contributed by atoms with Crippen LogP contribution >= 0.6 is 0 Å². The van der Waals surface area contributed by atoms with E-state index in [4.69, 9.17) is 0 Å². The van der Waals surface area contributed by atoms with Gasteiger partial charge in [-0.25, -0.2) is 0 Å². The first-order valence-corrected chi connectivity index (χ1v) is 5.25. The number of Topliss-reactive ketones (excluding diaryl/α,β-unsaturated/α-hetero) is 1. The van der Waals surface area contributed by atoms with Crippen molar-refractivity contribution in [3.8, 4) is 0 Å². The first-order chi connectivity index (χ1) is 6.65.